The van der Waals surface area contributed by atoms with Crippen LogP contribution in [-0.4, -0.2) is 20.4 Å². The molecule has 0 atom stereocenters. The molecule has 4 rings (SSSR count). The van der Waals surface area contributed by atoms with Crippen LogP contribution in [0.5, 0.6) is 0 Å². The number of hydrogen-bond acceptors (Lipinski definition) is 6. The van der Waals surface area contributed by atoms with E-state index in [1.807, 2.05) is 83.1 Å². The molecule has 0 spiro atoms. The van der Waals surface area contributed by atoms with Crippen LogP contribution in [0.25, 0.3) is 34.4 Å². The summed E-state index contributed by atoms with van der Waals surface area (Å²) in [6, 6.07) is 15.5. The van der Waals surface area contributed by atoms with Gasteiger partial charge in [-0.2, -0.15) is 0 Å². The molecule has 2 aromatic carbocycles. The normalized spacial score (nSPS) is 9.79. The second-order valence-corrected chi connectivity index (χ2v) is 5.48. The van der Waals surface area contributed by atoms with E-state index in [4.69, 9.17) is 8.83 Å². The lowest BCUT2D eigenvalue weighted by molar-refractivity contribution is 0.532. The summed E-state index contributed by atoms with van der Waals surface area (Å²) >= 11 is 0. The Hall–Kier alpha value is -3.28. The molecule has 28 heavy (non-hydrogen) atoms. The van der Waals surface area contributed by atoms with E-state index in [2.05, 4.69) is 20.4 Å². The van der Waals surface area contributed by atoms with Gasteiger partial charge in [-0.1, -0.05) is 45.4 Å². The van der Waals surface area contributed by atoms with Gasteiger partial charge in [-0.3, -0.25) is 0 Å². The zero-order valence-electron chi connectivity index (χ0n) is 17.2. The fraction of sp³-hybridized carbons (Fsp3) is 0.273. The minimum Gasteiger partial charge on any atom is -0.421 e. The summed E-state index contributed by atoms with van der Waals surface area (Å²) in [4.78, 5) is 0. The number of benzene rings is 2. The molecule has 0 aliphatic rings. The predicted octanol–water partition coefficient (Wildman–Crippen LogP) is 6.12. The maximum atomic E-state index is 5.77. The van der Waals surface area contributed by atoms with Crippen LogP contribution in [0.4, 0.5) is 0 Å². The minimum atomic E-state index is 0.471. The molecule has 0 unspecified atom stereocenters. The molecule has 0 fully saturated rings. The van der Waals surface area contributed by atoms with Gasteiger partial charge in [0.05, 0.1) is 0 Å². The standard InChI is InChI=1S/C18H14N4O2.2C2H6/c1-11-3-5-13(6-4-11)17-21-22-18(24-17)15-9-7-14(8-10-15)16-20-19-12(2)23-16;2*1-2/h3-10H,1-2H3;2*1-2H3. The van der Waals surface area contributed by atoms with Crippen molar-refractivity contribution in [2.45, 2.75) is 41.5 Å². The summed E-state index contributed by atoms with van der Waals surface area (Å²) in [6.07, 6.45) is 0. The minimum absolute atomic E-state index is 0.471. The Morgan fingerprint density at radius 2 is 0.857 bits per heavy atom. The molecule has 6 nitrogen and oxygen atoms in total. The highest BCUT2D eigenvalue weighted by molar-refractivity contribution is 5.62. The zero-order valence-corrected chi connectivity index (χ0v) is 17.2. The van der Waals surface area contributed by atoms with Gasteiger partial charge in [0.2, 0.25) is 23.6 Å². The Labute approximate surface area is 165 Å². The van der Waals surface area contributed by atoms with Crippen molar-refractivity contribution in [2.75, 3.05) is 0 Å². The summed E-state index contributed by atoms with van der Waals surface area (Å²) in [5.74, 6) is 2.00. The van der Waals surface area contributed by atoms with Gasteiger partial charge in [-0.25, -0.2) is 0 Å². The van der Waals surface area contributed by atoms with Crippen molar-refractivity contribution in [3.8, 4) is 34.4 Å². The van der Waals surface area contributed by atoms with Gasteiger partial charge in [-0.05, 0) is 43.3 Å². The molecular formula is C22H26N4O2. The molecule has 146 valence electrons. The van der Waals surface area contributed by atoms with E-state index in [0.717, 1.165) is 16.7 Å². The molecule has 0 aliphatic carbocycles. The van der Waals surface area contributed by atoms with Crippen LogP contribution in [0, 0.1) is 13.8 Å². The summed E-state index contributed by atoms with van der Waals surface area (Å²) < 4.78 is 11.2. The van der Waals surface area contributed by atoms with Crippen molar-refractivity contribution in [2.24, 2.45) is 0 Å². The lowest BCUT2D eigenvalue weighted by Crippen LogP contribution is -1.81. The van der Waals surface area contributed by atoms with E-state index >= 15 is 0 Å². The highest BCUT2D eigenvalue weighted by Gasteiger charge is 2.11. The maximum absolute atomic E-state index is 5.77. The van der Waals surface area contributed by atoms with E-state index in [9.17, 15) is 0 Å². The predicted molar refractivity (Wildman–Crippen MR) is 111 cm³/mol. The number of nitrogens with zero attached hydrogens (tertiary/aromatic N) is 4. The molecule has 2 aromatic heterocycles. The van der Waals surface area contributed by atoms with Crippen LogP contribution in [0.2, 0.25) is 0 Å². The number of aryl methyl sites for hydroxylation is 2. The number of aromatic nitrogens is 4. The van der Waals surface area contributed by atoms with Crippen LogP contribution in [0.3, 0.4) is 0 Å². The maximum Gasteiger partial charge on any atom is 0.248 e. The molecule has 0 saturated carbocycles. The quantitative estimate of drug-likeness (QED) is 0.427. The smallest absolute Gasteiger partial charge is 0.248 e. The average Bonchev–Trinajstić information content (AvgIpc) is 3.41. The number of hydrogen-bond donors (Lipinski definition) is 0. The summed E-state index contributed by atoms with van der Waals surface area (Å²) in [5.41, 5.74) is 3.76. The summed E-state index contributed by atoms with van der Waals surface area (Å²) in [7, 11) is 0. The monoisotopic (exact) mass is 378 g/mol. The Kier molecular flexibility index (Phi) is 7.63. The van der Waals surface area contributed by atoms with Gasteiger partial charge in [0.1, 0.15) is 0 Å². The lowest BCUT2D eigenvalue weighted by Gasteiger charge is -1.98. The third kappa shape index (κ3) is 4.91. The molecule has 4 aromatic rings. The summed E-state index contributed by atoms with van der Waals surface area (Å²) in [5, 5.41) is 16.1. The second kappa shape index (κ2) is 10.2. The van der Waals surface area contributed by atoms with E-state index in [0.29, 0.717) is 23.6 Å². The summed E-state index contributed by atoms with van der Waals surface area (Å²) in [6.45, 7) is 11.8. The van der Waals surface area contributed by atoms with E-state index in [-0.39, 0.29) is 0 Å². The van der Waals surface area contributed by atoms with Crippen molar-refractivity contribution in [3.05, 3.63) is 60.0 Å². The lowest BCUT2D eigenvalue weighted by atomic mass is 10.1. The topological polar surface area (TPSA) is 77.8 Å². The van der Waals surface area contributed by atoms with Crippen molar-refractivity contribution >= 4 is 0 Å². The van der Waals surface area contributed by atoms with E-state index in [1.165, 1.54) is 5.56 Å². The third-order valence-corrected chi connectivity index (χ3v) is 3.63. The molecule has 0 aliphatic heterocycles. The Morgan fingerprint density at radius 1 is 0.500 bits per heavy atom. The van der Waals surface area contributed by atoms with Crippen molar-refractivity contribution in [3.63, 3.8) is 0 Å². The molecule has 0 bridgehead atoms. The van der Waals surface area contributed by atoms with Gasteiger partial charge in [0.15, 0.2) is 0 Å². The number of rotatable bonds is 3. The first-order valence-electron chi connectivity index (χ1n) is 9.50. The highest BCUT2D eigenvalue weighted by atomic mass is 16.4. The first kappa shape index (κ1) is 21.0. The van der Waals surface area contributed by atoms with Gasteiger partial charge < -0.3 is 8.83 Å². The molecule has 2 heterocycles. The Balaban J connectivity index is 0.000000660. The van der Waals surface area contributed by atoms with Crippen LogP contribution < -0.4 is 0 Å². The van der Waals surface area contributed by atoms with Crippen molar-refractivity contribution in [1.82, 2.24) is 20.4 Å². The van der Waals surface area contributed by atoms with Crippen LogP contribution in [0.1, 0.15) is 39.1 Å². The van der Waals surface area contributed by atoms with E-state index < -0.39 is 0 Å². The fourth-order valence-electron chi connectivity index (χ4n) is 2.32. The van der Waals surface area contributed by atoms with Crippen molar-refractivity contribution < 1.29 is 8.83 Å². The Bertz CT molecular complexity index is 970. The second-order valence-electron chi connectivity index (χ2n) is 5.48. The molecule has 6 heteroatoms. The van der Waals surface area contributed by atoms with Crippen LogP contribution in [0.15, 0.2) is 57.4 Å². The van der Waals surface area contributed by atoms with E-state index in [1.54, 1.807) is 6.92 Å². The highest BCUT2D eigenvalue weighted by Crippen LogP contribution is 2.26. The zero-order chi connectivity index (χ0) is 20.5. The van der Waals surface area contributed by atoms with Gasteiger partial charge in [0, 0.05) is 23.6 Å². The molecule has 0 radical (unpaired) electrons. The fourth-order valence-corrected chi connectivity index (χ4v) is 2.32. The van der Waals surface area contributed by atoms with Crippen LogP contribution >= 0.6 is 0 Å². The van der Waals surface area contributed by atoms with Crippen molar-refractivity contribution in [1.29, 1.82) is 0 Å². The molecule has 0 saturated heterocycles. The first-order valence-corrected chi connectivity index (χ1v) is 9.50. The van der Waals surface area contributed by atoms with Gasteiger partial charge >= 0.3 is 0 Å². The van der Waals surface area contributed by atoms with Gasteiger partial charge in [0.25, 0.3) is 0 Å². The Morgan fingerprint density at radius 3 is 1.25 bits per heavy atom. The SMILES string of the molecule is CC.CC.Cc1ccc(-c2nnc(-c3ccc(-c4nnc(C)o4)cc3)o2)cc1. The first-order chi connectivity index (χ1) is 13.7. The average molecular weight is 378 g/mol. The molecule has 0 amide bonds. The third-order valence-electron chi connectivity index (χ3n) is 3.63. The molecular weight excluding hydrogens is 352 g/mol. The van der Waals surface area contributed by atoms with Gasteiger partial charge in [-0.15, -0.1) is 20.4 Å². The van der Waals surface area contributed by atoms with Crippen LogP contribution in [-0.2, 0) is 0 Å². The molecule has 0 N–H and O–H groups in total. The largest absolute Gasteiger partial charge is 0.421 e.